The minimum absolute atomic E-state index is 0. The molecule has 0 saturated heterocycles. The smallest absolute Gasteiger partial charge is 0.208 e. The molecular weight excluding hydrogens is 837 g/mol. The number of benzene rings is 6. The molecule has 6 aromatic carbocycles. The van der Waals surface area contributed by atoms with E-state index in [1.54, 1.807) is 0 Å². The van der Waals surface area contributed by atoms with E-state index in [0.717, 1.165) is 49.7 Å². The lowest BCUT2D eigenvalue weighted by Gasteiger charge is -2.17. The van der Waals surface area contributed by atoms with Gasteiger partial charge in [-0.15, -0.1) is 0 Å². The Bertz CT molecular complexity index is 2790. The summed E-state index contributed by atoms with van der Waals surface area (Å²) in [5.41, 5.74) is 29.8. The number of aryl methyl sites for hydroxylation is 10. The van der Waals surface area contributed by atoms with Gasteiger partial charge < -0.3 is 20.2 Å². The summed E-state index contributed by atoms with van der Waals surface area (Å²) < 4.78 is 5.44. The van der Waals surface area contributed by atoms with Crippen LogP contribution in [0.15, 0.2) is 102 Å². The van der Waals surface area contributed by atoms with E-state index in [0.29, 0.717) is 6.04 Å². The number of para-hydroxylation sites is 4. The molecule has 0 amide bonds. The zero-order chi connectivity index (χ0) is 44.4. The molecule has 332 valence electrons. The van der Waals surface area contributed by atoms with Crippen molar-refractivity contribution >= 4 is 55.3 Å². The first-order chi connectivity index (χ1) is 28.9. The Labute approximate surface area is 387 Å². The number of imidazole rings is 2. The summed E-state index contributed by atoms with van der Waals surface area (Å²) in [5, 5.41) is 3.65. The molecule has 2 heterocycles. The summed E-state index contributed by atoms with van der Waals surface area (Å²) in [6.07, 6.45) is 0. The zero-order valence-electron chi connectivity index (χ0n) is 38.6. The Morgan fingerprint density at radius 3 is 1.25 bits per heavy atom. The number of hydrogen-bond donors (Lipinski definition) is 2. The van der Waals surface area contributed by atoms with Gasteiger partial charge in [0.1, 0.15) is 0 Å². The molecule has 8 rings (SSSR count). The number of nitrogen functional groups attached to an aromatic ring is 1. The molecule has 0 bridgehead atoms. The molecule has 0 aliphatic rings. The number of halogens is 1. The maximum absolute atomic E-state index is 5.68. The number of aromatic nitrogens is 4. The van der Waals surface area contributed by atoms with Crippen molar-refractivity contribution < 1.29 is 0 Å². The van der Waals surface area contributed by atoms with Crippen LogP contribution in [0, 0.1) is 69.2 Å². The normalized spacial score (nSPS) is 10.9. The first kappa shape index (κ1) is 50.0. The highest BCUT2D eigenvalue weighted by Crippen LogP contribution is 2.38. The topological polar surface area (TPSA) is 73.7 Å². The first-order valence-electron chi connectivity index (χ1n) is 21.4. The minimum atomic E-state index is 0. The average molecular weight is 908 g/mol. The van der Waals surface area contributed by atoms with Gasteiger partial charge in [-0.3, -0.25) is 0 Å². The molecule has 0 unspecified atom stereocenters. The van der Waals surface area contributed by atoms with Crippen molar-refractivity contribution in [2.45, 2.75) is 124 Å². The largest absolute Gasteiger partial charge is 0.398 e. The SMILES string of the molecule is C.C.Cc1cc(C)c(-c2cccc3c2nc(Br)n3C(C)C)c(C)c1.Cc1cc(C)c(-c2cccc3c2nc(Nc2c(C)cccc2C)n3C(C)C)c(C)c1.Cc1cccc(C)c1N. The number of anilines is 3. The molecule has 0 saturated carbocycles. The van der Waals surface area contributed by atoms with Crippen molar-refractivity contribution in [3.05, 3.63) is 157 Å². The van der Waals surface area contributed by atoms with Gasteiger partial charge >= 0.3 is 0 Å². The van der Waals surface area contributed by atoms with E-state index in [2.05, 4.69) is 192 Å². The van der Waals surface area contributed by atoms with Gasteiger partial charge in [-0.05, 0) is 181 Å². The van der Waals surface area contributed by atoms with Crippen LogP contribution in [0.3, 0.4) is 0 Å². The maximum Gasteiger partial charge on any atom is 0.208 e. The molecule has 0 aliphatic carbocycles. The second kappa shape index (κ2) is 20.7. The minimum Gasteiger partial charge on any atom is -0.398 e. The Balaban J connectivity index is 0.000000231. The summed E-state index contributed by atoms with van der Waals surface area (Å²) in [7, 11) is 0. The van der Waals surface area contributed by atoms with E-state index in [1.807, 2.05) is 32.0 Å². The standard InChI is InChI=1S/C27H31N3.C19H21BrN2.C8H11N.2CH4/c1-16(2)30-23-13-9-12-22(24-20(6)14-17(3)15-21(24)7)26(23)29-27(30)28-25-18(4)10-8-11-19(25)5;1-11(2)22-16-8-6-7-15(18(16)21-19(22)20)17-13(4)9-12(3)10-14(17)5;1-6-4-3-5-7(2)8(6)9;;/h8-16H,1-7H3,(H,28,29);6-11H,1-5H3;3-5H,9H2,1-2H3;2*1H4. The van der Waals surface area contributed by atoms with Crippen molar-refractivity contribution in [2.24, 2.45) is 0 Å². The third-order valence-electron chi connectivity index (χ3n) is 11.6. The van der Waals surface area contributed by atoms with Crippen LogP contribution in [-0.4, -0.2) is 19.1 Å². The van der Waals surface area contributed by atoms with Crippen LogP contribution >= 0.6 is 15.9 Å². The summed E-state index contributed by atoms with van der Waals surface area (Å²) in [5.74, 6) is 0.896. The van der Waals surface area contributed by atoms with Crippen LogP contribution in [-0.2, 0) is 0 Å². The van der Waals surface area contributed by atoms with Crippen LogP contribution < -0.4 is 11.1 Å². The second-order valence-corrected chi connectivity index (χ2v) is 18.0. The number of fused-ring (bicyclic) bond motifs is 2. The van der Waals surface area contributed by atoms with Gasteiger partial charge in [-0.2, -0.15) is 0 Å². The van der Waals surface area contributed by atoms with Gasteiger partial charge in [0.25, 0.3) is 0 Å². The molecule has 0 radical (unpaired) electrons. The molecule has 0 spiro atoms. The quantitative estimate of drug-likeness (QED) is 0.163. The molecule has 63 heavy (non-hydrogen) atoms. The second-order valence-electron chi connectivity index (χ2n) is 17.3. The third kappa shape index (κ3) is 10.4. The molecule has 0 fully saturated rings. The van der Waals surface area contributed by atoms with Crippen LogP contribution in [0.25, 0.3) is 44.3 Å². The zero-order valence-corrected chi connectivity index (χ0v) is 40.2. The number of nitrogens with one attached hydrogen (secondary N) is 1. The molecule has 8 aromatic rings. The van der Waals surface area contributed by atoms with E-state index < -0.39 is 0 Å². The summed E-state index contributed by atoms with van der Waals surface area (Å²) in [6.45, 7) is 30.2. The van der Waals surface area contributed by atoms with Gasteiger partial charge in [0, 0.05) is 34.6 Å². The van der Waals surface area contributed by atoms with E-state index in [1.165, 1.54) is 72.3 Å². The Kier molecular flexibility index (Phi) is 16.4. The van der Waals surface area contributed by atoms with Gasteiger partial charge in [-0.1, -0.05) is 111 Å². The number of nitrogens with zero attached hydrogens (tertiary/aromatic N) is 4. The highest BCUT2D eigenvalue weighted by atomic mass is 79.9. The Morgan fingerprint density at radius 1 is 0.492 bits per heavy atom. The average Bonchev–Trinajstić information content (AvgIpc) is 3.73. The fourth-order valence-corrected chi connectivity index (χ4v) is 9.65. The lowest BCUT2D eigenvalue weighted by atomic mass is 9.93. The lowest BCUT2D eigenvalue weighted by molar-refractivity contribution is 0.604. The van der Waals surface area contributed by atoms with Gasteiger partial charge in [-0.25, -0.2) is 9.97 Å². The van der Waals surface area contributed by atoms with Crippen LogP contribution in [0.2, 0.25) is 0 Å². The van der Waals surface area contributed by atoms with Gasteiger partial charge in [0.15, 0.2) is 4.73 Å². The van der Waals surface area contributed by atoms with Crippen LogP contribution in [0.1, 0.15) is 110 Å². The summed E-state index contributed by atoms with van der Waals surface area (Å²) >= 11 is 3.62. The number of hydrogen-bond acceptors (Lipinski definition) is 4. The molecule has 3 N–H and O–H groups in total. The predicted molar refractivity (Wildman–Crippen MR) is 280 cm³/mol. The Morgan fingerprint density at radius 2 is 0.857 bits per heavy atom. The van der Waals surface area contributed by atoms with Crippen LogP contribution in [0.5, 0.6) is 0 Å². The molecule has 0 aliphatic heterocycles. The van der Waals surface area contributed by atoms with Crippen molar-refractivity contribution in [2.75, 3.05) is 11.1 Å². The van der Waals surface area contributed by atoms with Crippen molar-refractivity contribution in [1.82, 2.24) is 19.1 Å². The van der Waals surface area contributed by atoms with Crippen molar-refractivity contribution in [1.29, 1.82) is 0 Å². The summed E-state index contributed by atoms with van der Waals surface area (Å²) in [4.78, 5) is 9.94. The van der Waals surface area contributed by atoms with Crippen molar-refractivity contribution in [3.63, 3.8) is 0 Å². The van der Waals surface area contributed by atoms with E-state index in [9.17, 15) is 0 Å². The predicted octanol–water partition coefficient (Wildman–Crippen LogP) is 16.7. The molecule has 7 heteroatoms. The number of rotatable bonds is 6. The summed E-state index contributed by atoms with van der Waals surface area (Å²) in [6, 6.07) is 35.1. The van der Waals surface area contributed by atoms with Gasteiger partial charge in [0.2, 0.25) is 5.95 Å². The van der Waals surface area contributed by atoms with Gasteiger partial charge in [0.05, 0.1) is 22.1 Å². The van der Waals surface area contributed by atoms with Crippen molar-refractivity contribution in [3.8, 4) is 22.3 Å². The fourth-order valence-electron chi connectivity index (χ4n) is 8.87. The molecule has 6 nitrogen and oxygen atoms in total. The van der Waals surface area contributed by atoms with E-state index in [4.69, 9.17) is 15.7 Å². The van der Waals surface area contributed by atoms with Crippen LogP contribution in [0.4, 0.5) is 17.3 Å². The maximum atomic E-state index is 5.68. The highest BCUT2D eigenvalue weighted by molar-refractivity contribution is 9.10. The van der Waals surface area contributed by atoms with E-state index in [-0.39, 0.29) is 20.9 Å². The third-order valence-corrected chi connectivity index (χ3v) is 12.1. The van der Waals surface area contributed by atoms with E-state index >= 15 is 0 Å². The molecular formula is C56H71BrN6. The lowest BCUT2D eigenvalue weighted by Crippen LogP contribution is -2.07. The first-order valence-corrected chi connectivity index (χ1v) is 22.2. The molecule has 2 aromatic heterocycles. The highest BCUT2D eigenvalue weighted by Gasteiger charge is 2.20. The number of nitrogens with two attached hydrogens (primary N) is 1. The molecule has 0 atom stereocenters. The monoisotopic (exact) mass is 906 g/mol. The fraction of sp³-hybridized carbons (Fsp3) is 0.321. The Hall–Kier alpha value is -5.66.